The van der Waals surface area contributed by atoms with E-state index in [0.717, 1.165) is 11.9 Å². The van der Waals surface area contributed by atoms with E-state index < -0.39 is 8.32 Å². The molecular weight excluding hydrogens is 304 g/mol. The van der Waals surface area contributed by atoms with E-state index in [9.17, 15) is 0 Å². The molecule has 0 amide bonds. The van der Waals surface area contributed by atoms with E-state index in [1.165, 1.54) is 10.4 Å². The van der Waals surface area contributed by atoms with E-state index in [1.54, 1.807) is 0 Å². The zero-order valence-corrected chi connectivity index (χ0v) is 13.1. The van der Waals surface area contributed by atoms with Crippen LogP contribution in [-0.2, 0) is 4.43 Å². The molecule has 1 nitrogen and oxygen atoms in total. The molecule has 0 radical (unpaired) electrons. The fraction of sp³-hybridized carbons (Fsp3) is 0.200. The number of benzene rings is 2. The first kappa shape index (κ1) is 13.5. The van der Waals surface area contributed by atoms with Gasteiger partial charge in [-0.1, -0.05) is 76.6 Å². The van der Waals surface area contributed by atoms with Crippen LogP contribution in [0.15, 0.2) is 60.7 Å². The normalized spacial score (nSPS) is 11.4. The van der Waals surface area contributed by atoms with Gasteiger partial charge in [-0.25, -0.2) is 0 Å². The average molecular weight is 321 g/mol. The third-order valence-electron chi connectivity index (χ3n) is 3.12. The first-order chi connectivity index (χ1) is 8.77. The van der Waals surface area contributed by atoms with Gasteiger partial charge in [0.15, 0.2) is 0 Å². The van der Waals surface area contributed by atoms with Crippen LogP contribution in [0.4, 0.5) is 0 Å². The van der Waals surface area contributed by atoms with Crippen LogP contribution in [0.2, 0.25) is 6.55 Å². The molecule has 94 valence electrons. The summed E-state index contributed by atoms with van der Waals surface area (Å²) in [6, 6.07) is 21.1. The minimum atomic E-state index is -2.05. The topological polar surface area (TPSA) is 9.23 Å². The Hall–Kier alpha value is -0.903. The lowest BCUT2D eigenvalue weighted by Gasteiger charge is -2.28. The largest absolute Gasteiger partial charge is 0.407 e. The van der Waals surface area contributed by atoms with Gasteiger partial charge in [-0.15, -0.1) is 0 Å². The summed E-state index contributed by atoms with van der Waals surface area (Å²) in [4.78, 5) is 0. The lowest BCUT2D eigenvalue weighted by molar-refractivity contribution is 0.348. The van der Waals surface area contributed by atoms with E-state index in [1.807, 2.05) is 12.1 Å². The van der Waals surface area contributed by atoms with Gasteiger partial charge in [-0.2, -0.15) is 0 Å². The van der Waals surface area contributed by atoms with Crippen LogP contribution in [0.1, 0.15) is 0 Å². The van der Waals surface area contributed by atoms with E-state index in [4.69, 9.17) is 4.43 Å². The molecular formula is C15H17BrOSi. The van der Waals surface area contributed by atoms with Crippen LogP contribution in [0.5, 0.6) is 0 Å². The van der Waals surface area contributed by atoms with Crippen LogP contribution in [0.25, 0.3) is 0 Å². The summed E-state index contributed by atoms with van der Waals surface area (Å²) in [5.41, 5.74) is 0. The van der Waals surface area contributed by atoms with Crippen LogP contribution in [-0.4, -0.2) is 20.3 Å². The Kier molecular flexibility index (Phi) is 4.75. The molecule has 0 aliphatic carbocycles. The maximum Gasteiger partial charge on any atom is 0.252 e. The van der Waals surface area contributed by atoms with Crippen LogP contribution in [0, 0.1) is 0 Å². The lowest BCUT2D eigenvalue weighted by Crippen LogP contribution is -2.58. The first-order valence-corrected chi connectivity index (χ1v) is 9.61. The summed E-state index contributed by atoms with van der Waals surface area (Å²) >= 11 is 3.44. The maximum absolute atomic E-state index is 6.24. The summed E-state index contributed by atoms with van der Waals surface area (Å²) in [5.74, 6) is 0. The lowest BCUT2D eigenvalue weighted by atomic mass is 10.4. The highest BCUT2D eigenvalue weighted by molar-refractivity contribution is 9.09. The molecule has 0 aliphatic heterocycles. The summed E-state index contributed by atoms with van der Waals surface area (Å²) in [5, 5.41) is 3.50. The van der Waals surface area contributed by atoms with Crippen molar-refractivity contribution in [2.24, 2.45) is 0 Å². The van der Waals surface area contributed by atoms with Gasteiger partial charge in [0.1, 0.15) is 0 Å². The molecule has 0 saturated carbocycles. The predicted molar refractivity (Wildman–Crippen MR) is 83.5 cm³/mol. The summed E-state index contributed by atoms with van der Waals surface area (Å²) < 4.78 is 6.24. The molecule has 0 N–H and O–H groups in total. The minimum absolute atomic E-state index is 0.743. The van der Waals surface area contributed by atoms with Crippen molar-refractivity contribution in [3.8, 4) is 0 Å². The third-order valence-corrected chi connectivity index (χ3v) is 7.09. The predicted octanol–water partition coefficient (Wildman–Crippen LogP) is 2.79. The second-order valence-corrected chi connectivity index (χ2v) is 8.61. The molecule has 3 heteroatoms. The molecule has 0 atom stereocenters. The molecule has 2 aromatic carbocycles. The Morgan fingerprint density at radius 3 is 1.72 bits per heavy atom. The van der Waals surface area contributed by atoms with Gasteiger partial charge in [0, 0.05) is 11.9 Å². The van der Waals surface area contributed by atoms with Crippen molar-refractivity contribution in [3.63, 3.8) is 0 Å². The molecule has 0 spiro atoms. The Morgan fingerprint density at radius 1 is 0.889 bits per heavy atom. The van der Waals surface area contributed by atoms with E-state index in [2.05, 4.69) is 71.0 Å². The molecule has 0 saturated heterocycles. The van der Waals surface area contributed by atoms with Crippen molar-refractivity contribution in [1.82, 2.24) is 0 Å². The molecule has 0 bridgehead atoms. The molecule has 18 heavy (non-hydrogen) atoms. The Bertz CT molecular complexity index is 433. The standard InChI is InChI=1S/C15H17BrOSi/c1-18(17-13-12-16,14-8-4-2-5-9-14)15-10-6-3-7-11-15/h2-11H,12-13H2,1H3. The zero-order chi connectivity index (χ0) is 12.8. The van der Waals surface area contributed by atoms with E-state index >= 15 is 0 Å². The summed E-state index contributed by atoms with van der Waals surface area (Å²) in [6.45, 7) is 3.01. The molecule has 2 rings (SSSR count). The van der Waals surface area contributed by atoms with Crippen molar-refractivity contribution in [2.75, 3.05) is 11.9 Å². The highest BCUT2D eigenvalue weighted by Crippen LogP contribution is 2.07. The molecule has 2 aromatic rings. The minimum Gasteiger partial charge on any atom is -0.407 e. The SMILES string of the molecule is C[Si](OCCBr)(c1ccccc1)c1ccccc1. The molecule has 0 aromatic heterocycles. The van der Waals surface area contributed by atoms with Crippen molar-refractivity contribution >= 4 is 34.6 Å². The van der Waals surface area contributed by atoms with Gasteiger partial charge in [-0.05, 0) is 16.9 Å². The van der Waals surface area contributed by atoms with Gasteiger partial charge >= 0.3 is 0 Å². The Morgan fingerprint density at radius 2 is 1.33 bits per heavy atom. The first-order valence-electron chi connectivity index (χ1n) is 6.08. The van der Waals surface area contributed by atoms with E-state index in [-0.39, 0.29) is 0 Å². The molecule has 0 aliphatic rings. The van der Waals surface area contributed by atoms with Crippen LogP contribution >= 0.6 is 15.9 Å². The number of alkyl halides is 1. The van der Waals surface area contributed by atoms with Crippen molar-refractivity contribution < 1.29 is 4.43 Å². The number of halogens is 1. The molecule has 0 heterocycles. The van der Waals surface area contributed by atoms with Gasteiger partial charge in [0.25, 0.3) is 8.32 Å². The second kappa shape index (κ2) is 6.32. The number of hydrogen-bond donors (Lipinski definition) is 0. The van der Waals surface area contributed by atoms with E-state index in [0.29, 0.717) is 0 Å². The van der Waals surface area contributed by atoms with Crippen LogP contribution in [0.3, 0.4) is 0 Å². The fourth-order valence-corrected chi connectivity index (χ4v) is 5.38. The molecule has 0 fully saturated rings. The highest BCUT2D eigenvalue weighted by atomic mass is 79.9. The van der Waals surface area contributed by atoms with Gasteiger partial charge in [0.05, 0.1) is 0 Å². The average Bonchev–Trinajstić information content (AvgIpc) is 2.46. The Balaban J connectivity index is 2.41. The van der Waals surface area contributed by atoms with Crippen molar-refractivity contribution in [2.45, 2.75) is 6.55 Å². The van der Waals surface area contributed by atoms with Crippen molar-refractivity contribution in [3.05, 3.63) is 60.7 Å². The third kappa shape index (κ3) is 2.91. The number of rotatable bonds is 5. The van der Waals surface area contributed by atoms with Crippen molar-refractivity contribution in [1.29, 1.82) is 0 Å². The highest BCUT2D eigenvalue weighted by Gasteiger charge is 2.33. The molecule has 0 unspecified atom stereocenters. The quantitative estimate of drug-likeness (QED) is 0.608. The van der Waals surface area contributed by atoms with Gasteiger partial charge in [-0.3, -0.25) is 0 Å². The maximum atomic E-state index is 6.24. The number of hydrogen-bond acceptors (Lipinski definition) is 1. The van der Waals surface area contributed by atoms with Gasteiger partial charge < -0.3 is 4.43 Å². The Labute approximate surface area is 118 Å². The zero-order valence-electron chi connectivity index (χ0n) is 10.5. The second-order valence-electron chi connectivity index (χ2n) is 4.30. The smallest absolute Gasteiger partial charge is 0.252 e. The summed E-state index contributed by atoms with van der Waals surface area (Å²) in [7, 11) is -2.05. The van der Waals surface area contributed by atoms with Crippen LogP contribution < -0.4 is 10.4 Å². The monoisotopic (exact) mass is 320 g/mol. The fourth-order valence-electron chi connectivity index (χ4n) is 2.09. The van der Waals surface area contributed by atoms with Gasteiger partial charge in [0.2, 0.25) is 0 Å². The summed E-state index contributed by atoms with van der Waals surface area (Å²) in [6.07, 6.45) is 0.